The first-order valence-corrected chi connectivity index (χ1v) is 5.04. The Morgan fingerprint density at radius 3 is 2.56 bits per heavy atom. The van der Waals surface area contributed by atoms with Crippen molar-refractivity contribution in [3.05, 3.63) is 29.3 Å². The molecule has 0 amide bonds. The summed E-state index contributed by atoms with van der Waals surface area (Å²) < 4.78 is 4.60. The van der Waals surface area contributed by atoms with E-state index in [9.17, 15) is 9.59 Å². The number of carbonyl (C=O) groups excluding carboxylic acids is 2. The minimum Gasteiger partial charge on any atom is -0.465 e. The molecule has 1 rings (SSSR count). The Morgan fingerprint density at radius 2 is 2.06 bits per heavy atom. The Kier molecular flexibility index (Phi) is 3.90. The smallest absolute Gasteiger partial charge is 0.338 e. The summed E-state index contributed by atoms with van der Waals surface area (Å²) in [6, 6.07) is 4.71. The first-order valence-electron chi connectivity index (χ1n) is 4.60. The maximum atomic E-state index is 11.5. The lowest BCUT2D eigenvalue weighted by Gasteiger charge is -2.13. The van der Waals surface area contributed by atoms with Gasteiger partial charge >= 0.3 is 5.97 Å². The first kappa shape index (κ1) is 12.5. The van der Waals surface area contributed by atoms with Crippen LogP contribution in [0.3, 0.4) is 0 Å². The topological polar surface area (TPSA) is 69.4 Å². The molecule has 0 aromatic heterocycles. The van der Waals surface area contributed by atoms with Gasteiger partial charge in [0.1, 0.15) is 5.38 Å². The molecule has 0 aliphatic rings. The van der Waals surface area contributed by atoms with Gasteiger partial charge in [-0.15, -0.1) is 11.6 Å². The third kappa shape index (κ3) is 2.33. The van der Waals surface area contributed by atoms with E-state index in [4.69, 9.17) is 17.3 Å². The van der Waals surface area contributed by atoms with Crippen LogP contribution in [-0.4, -0.2) is 18.9 Å². The van der Waals surface area contributed by atoms with E-state index in [0.717, 1.165) is 0 Å². The zero-order chi connectivity index (χ0) is 12.3. The number of alkyl halides is 1. The lowest BCUT2D eigenvalue weighted by atomic mass is 10.0. The first-order chi connectivity index (χ1) is 7.49. The summed E-state index contributed by atoms with van der Waals surface area (Å²) in [5, 5.41) is -0.935. The highest BCUT2D eigenvalue weighted by atomic mass is 35.5. The number of nitrogen functional groups attached to an aromatic ring is 1. The quantitative estimate of drug-likeness (QED) is 0.499. The Bertz CT molecular complexity index is 431. The van der Waals surface area contributed by atoms with Gasteiger partial charge < -0.3 is 10.5 Å². The number of nitrogens with two attached hydrogens (primary N) is 1. The summed E-state index contributed by atoms with van der Waals surface area (Å²) >= 11 is 5.92. The molecule has 1 aromatic carbocycles. The number of benzene rings is 1. The summed E-state index contributed by atoms with van der Waals surface area (Å²) in [5.74, 6) is -0.834. The molecule has 0 aliphatic heterocycles. The molecule has 16 heavy (non-hydrogen) atoms. The number of carbonyl (C=O) groups is 2. The van der Waals surface area contributed by atoms with Gasteiger partial charge in [-0.25, -0.2) is 4.79 Å². The summed E-state index contributed by atoms with van der Waals surface area (Å²) in [5.41, 5.74) is 6.54. The lowest BCUT2D eigenvalue weighted by Crippen LogP contribution is -2.13. The van der Waals surface area contributed by atoms with Crippen molar-refractivity contribution < 1.29 is 14.3 Å². The van der Waals surface area contributed by atoms with Crippen molar-refractivity contribution in [3.8, 4) is 0 Å². The van der Waals surface area contributed by atoms with E-state index in [2.05, 4.69) is 4.74 Å². The van der Waals surface area contributed by atoms with Crippen LogP contribution in [-0.2, 0) is 9.53 Å². The highest BCUT2D eigenvalue weighted by Crippen LogP contribution is 2.30. The normalized spacial score (nSPS) is 11.9. The molecule has 0 aliphatic carbocycles. The standard InChI is InChI=1S/C11H12ClNO3/c1-6(14)10(12)9-7(11(15)16-2)4-3-5-8(9)13/h3-5,10H,13H2,1-2H3. The number of ether oxygens (including phenoxy) is 1. The van der Waals surface area contributed by atoms with Crippen LogP contribution in [0.2, 0.25) is 0 Å². The van der Waals surface area contributed by atoms with Crippen molar-refractivity contribution >= 4 is 29.0 Å². The molecule has 86 valence electrons. The predicted octanol–water partition coefficient (Wildman–Crippen LogP) is 1.92. The van der Waals surface area contributed by atoms with Gasteiger partial charge in [-0.1, -0.05) is 6.07 Å². The summed E-state index contributed by atoms with van der Waals surface area (Å²) in [6.45, 7) is 1.34. The summed E-state index contributed by atoms with van der Waals surface area (Å²) in [7, 11) is 1.26. The van der Waals surface area contributed by atoms with E-state index in [1.807, 2.05) is 0 Å². The fourth-order valence-corrected chi connectivity index (χ4v) is 1.60. The number of hydrogen-bond acceptors (Lipinski definition) is 4. The number of ketones is 1. The zero-order valence-corrected chi connectivity index (χ0v) is 9.75. The molecule has 0 spiro atoms. The molecule has 1 unspecified atom stereocenters. The molecular weight excluding hydrogens is 230 g/mol. The number of halogens is 1. The van der Waals surface area contributed by atoms with Crippen molar-refractivity contribution in [1.82, 2.24) is 0 Å². The average Bonchev–Trinajstić information content (AvgIpc) is 2.26. The van der Waals surface area contributed by atoms with E-state index in [1.54, 1.807) is 12.1 Å². The van der Waals surface area contributed by atoms with Gasteiger partial charge in [-0.05, 0) is 19.1 Å². The van der Waals surface area contributed by atoms with Crippen molar-refractivity contribution in [2.75, 3.05) is 12.8 Å². The fourth-order valence-electron chi connectivity index (χ4n) is 1.36. The minimum atomic E-state index is -0.935. The van der Waals surface area contributed by atoms with Gasteiger partial charge in [0.15, 0.2) is 5.78 Å². The molecule has 0 saturated carbocycles. The van der Waals surface area contributed by atoms with Crippen LogP contribution in [0.4, 0.5) is 5.69 Å². The third-order valence-electron chi connectivity index (χ3n) is 2.16. The third-order valence-corrected chi connectivity index (χ3v) is 2.68. The highest BCUT2D eigenvalue weighted by molar-refractivity contribution is 6.31. The van der Waals surface area contributed by atoms with Gasteiger partial charge in [-0.2, -0.15) is 0 Å². The Balaban J connectivity index is 3.34. The van der Waals surface area contributed by atoms with Crippen molar-refractivity contribution in [1.29, 1.82) is 0 Å². The predicted molar refractivity (Wildman–Crippen MR) is 61.5 cm³/mol. The largest absolute Gasteiger partial charge is 0.465 e. The van der Waals surface area contributed by atoms with Crippen molar-refractivity contribution in [3.63, 3.8) is 0 Å². The van der Waals surface area contributed by atoms with Crippen molar-refractivity contribution in [2.45, 2.75) is 12.3 Å². The molecule has 0 fully saturated rings. The van der Waals surface area contributed by atoms with Gasteiger partial charge in [0, 0.05) is 11.3 Å². The van der Waals surface area contributed by atoms with Crippen LogP contribution >= 0.6 is 11.6 Å². The zero-order valence-electron chi connectivity index (χ0n) is 8.99. The number of methoxy groups -OCH3 is 1. The monoisotopic (exact) mass is 241 g/mol. The highest BCUT2D eigenvalue weighted by Gasteiger charge is 2.23. The second-order valence-electron chi connectivity index (χ2n) is 3.27. The van der Waals surface area contributed by atoms with Crippen LogP contribution in [0.25, 0.3) is 0 Å². The number of rotatable bonds is 3. The Hall–Kier alpha value is -1.55. The molecule has 0 radical (unpaired) electrons. The van der Waals surface area contributed by atoms with Crippen LogP contribution < -0.4 is 5.73 Å². The summed E-state index contributed by atoms with van der Waals surface area (Å²) in [4.78, 5) is 22.7. The molecule has 4 nitrogen and oxygen atoms in total. The number of hydrogen-bond donors (Lipinski definition) is 1. The Labute approximate surface area is 98.3 Å². The molecule has 0 saturated heterocycles. The molecule has 0 heterocycles. The second kappa shape index (κ2) is 4.99. The average molecular weight is 242 g/mol. The maximum absolute atomic E-state index is 11.5. The molecule has 5 heteroatoms. The summed E-state index contributed by atoms with van der Waals surface area (Å²) in [6.07, 6.45) is 0. The van der Waals surface area contributed by atoms with Crippen LogP contribution in [0.5, 0.6) is 0 Å². The molecule has 1 aromatic rings. The van der Waals surface area contributed by atoms with Gasteiger partial charge in [0.25, 0.3) is 0 Å². The van der Waals surface area contributed by atoms with E-state index in [1.165, 1.54) is 20.1 Å². The van der Waals surface area contributed by atoms with E-state index in [-0.39, 0.29) is 11.3 Å². The maximum Gasteiger partial charge on any atom is 0.338 e. The van der Waals surface area contributed by atoms with Gasteiger partial charge in [0.05, 0.1) is 12.7 Å². The lowest BCUT2D eigenvalue weighted by molar-refractivity contribution is -0.116. The van der Waals surface area contributed by atoms with E-state index >= 15 is 0 Å². The van der Waals surface area contributed by atoms with Crippen molar-refractivity contribution in [2.24, 2.45) is 0 Å². The van der Waals surface area contributed by atoms with E-state index < -0.39 is 11.3 Å². The number of Topliss-reactive ketones (excluding diaryl/α,β-unsaturated/α-hetero) is 1. The SMILES string of the molecule is COC(=O)c1cccc(N)c1C(Cl)C(C)=O. The molecule has 2 N–H and O–H groups in total. The van der Waals surface area contributed by atoms with Crippen LogP contribution in [0, 0.1) is 0 Å². The van der Waals surface area contributed by atoms with Crippen LogP contribution in [0.1, 0.15) is 28.2 Å². The fraction of sp³-hybridized carbons (Fsp3) is 0.273. The van der Waals surface area contributed by atoms with E-state index in [0.29, 0.717) is 11.3 Å². The number of anilines is 1. The second-order valence-corrected chi connectivity index (χ2v) is 3.71. The molecular formula is C11H12ClNO3. The molecule has 0 bridgehead atoms. The van der Waals surface area contributed by atoms with Gasteiger partial charge in [0.2, 0.25) is 0 Å². The van der Waals surface area contributed by atoms with Crippen LogP contribution in [0.15, 0.2) is 18.2 Å². The Morgan fingerprint density at radius 1 is 1.44 bits per heavy atom. The minimum absolute atomic E-state index is 0.220. The molecule has 1 atom stereocenters. The van der Waals surface area contributed by atoms with Gasteiger partial charge in [-0.3, -0.25) is 4.79 Å². The number of esters is 1.